The number of thioether (sulfide) groups is 1. The van der Waals surface area contributed by atoms with Gasteiger partial charge in [-0.1, -0.05) is 28.1 Å². The van der Waals surface area contributed by atoms with Crippen molar-refractivity contribution in [3.8, 4) is 11.3 Å². The second kappa shape index (κ2) is 7.64. The van der Waals surface area contributed by atoms with E-state index in [1.807, 2.05) is 51.2 Å². The molecule has 1 aliphatic rings. The highest BCUT2D eigenvalue weighted by Crippen LogP contribution is 2.37. The second-order valence-corrected chi connectivity index (χ2v) is 9.48. The fraction of sp³-hybridized carbons (Fsp3) is 0.474. The second-order valence-electron chi connectivity index (χ2n) is 7.43. The van der Waals surface area contributed by atoms with Gasteiger partial charge in [0.15, 0.2) is 0 Å². The monoisotopic (exact) mass is 437 g/mol. The summed E-state index contributed by atoms with van der Waals surface area (Å²) in [5.41, 5.74) is 1.50. The predicted molar refractivity (Wildman–Crippen MR) is 109 cm³/mol. The molecule has 1 fully saturated rings. The molecule has 1 aromatic heterocycles. The van der Waals surface area contributed by atoms with Gasteiger partial charge >= 0.3 is 6.09 Å². The molecule has 2 heterocycles. The lowest BCUT2D eigenvalue weighted by molar-refractivity contribution is 0.0219. The van der Waals surface area contributed by atoms with E-state index < -0.39 is 5.60 Å². The first-order valence-corrected chi connectivity index (χ1v) is 10.7. The van der Waals surface area contributed by atoms with Gasteiger partial charge in [-0.05, 0) is 51.1 Å². The number of nitrogens with zero attached hydrogens (tertiary/aromatic N) is 2. The molecule has 1 amide bonds. The molecule has 1 aliphatic heterocycles. The maximum Gasteiger partial charge on any atom is 0.410 e. The standard InChI is InChI=1S/C19H24BrN3O2S/c1-19(2,3)25-18(24)23-11-14(26-4)9-16(23)17-21-10-15(22-17)12-5-7-13(20)8-6-12/h5-8,10,14,16H,9,11H2,1-4H3,(H,21,22). The number of benzene rings is 1. The van der Waals surface area contributed by atoms with E-state index in [-0.39, 0.29) is 12.1 Å². The number of imidazole rings is 1. The van der Waals surface area contributed by atoms with E-state index in [1.54, 1.807) is 16.7 Å². The van der Waals surface area contributed by atoms with Crippen molar-refractivity contribution >= 4 is 33.8 Å². The number of halogens is 1. The first kappa shape index (κ1) is 19.3. The molecule has 0 spiro atoms. The van der Waals surface area contributed by atoms with Crippen LogP contribution in [0.2, 0.25) is 0 Å². The summed E-state index contributed by atoms with van der Waals surface area (Å²) in [6, 6.07) is 7.98. The number of carbonyl (C=O) groups is 1. The largest absolute Gasteiger partial charge is 0.444 e. The van der Waals surface area contributed by atoms with Gasteiger partial charge in [0.25, 0.3) is 0 Å². The molecule has 0 bridgehead atoms. The van der Waals surface area contributed by atoms with Gasteiger partial charge < -0.3 is 9.72 Å². The Morgan fingerprint density at radius 2 is 2.04 bits per heavy atom. The molecule has 1 aromatic carbocycles. The molecule has 1 saturated heterocycles. The topological polar surface area (TPSA) is 58.2 Å². The van der Waals surface area contributed by atoms with Gasteiger partial charge in [0.2, 0.25) is 0 Å². The van der Waals surface area contributed by atoms with Crippen LogP contribution in [0, 0.1) is 0 Å². The Morgan fingerprint density at radius 3 is 2.65 bits per heavy atom. The lowest BCUT2D eigenvalue weighted by atomic mass is 10.2. The van der Waals surface area contributed by atoms with Crippen molar-refractivity contribution in [2.75, 3.05) is 12.8 Å². The molecule has 7 heteroatoms. The molecule has 2 aromatic rings. The highest BCUT2D eigenvalue weighted by molar-refractivity contribution is 9.10. The number of carbonyl (C=O) groups excluding carboxylic acids is 1. The Bertz CT molecular complexity index is 770. The molecule has 2 atom stereocenters. The van der Waals surface area contributed by atoms with E-state index in [1.165, 1.54) is 0 Å². The average molecular weight is 438 g/mol. The molecule has 3 rings (SSSR count). The summed E-state index contributed by atoms with van der Waals surface area (Å²) in [6.07, 6.45) is 4.50. The lowest BCUT2D eigenvalue weighted by Crippen LogP contribution is -2.37. The van der Waals surface area contributed by atoms with Crippen molar-refractivity contribution in [1.82, 2.24) is 14.9 Å². The fourth-order valence-corrected chi connectivity index (χ4v) is 3.98. The normalized spacial score (nSPS) is 20.4. The molecule has 1 N–H and O–H groups in total. The molecular formula is C19H24BrN3O2S. The Hall–Kier alpha value is -1.47. The van der Waals surface area contributed by atoms with Crippen LogP contribution in [-0.4, -0.2) is 44.6 Å². The summed E-state index contributed by atoms with van der Waals surface area (Å²) in [5, 5.41) is 0.383. The number of amides is 1. The van der Waals surface area contributed by atoms with Crippen molar-refractivity contribution in [2.24, 2.45) is 0 Å². The zero-order valence-corrected chi connectivity index (χ0v) is 17.9. The van der Waals surface area contributed by atoms with Crippen LogP contribution in [0.1, 0.15) is 39.1 Å². The van der Waals surface area contributed by atoms with Gasteiger partial charge in [-0.15, -0.1) is 0 Å². The highest BCUT2D eigenvalue weighted by Gasteiger charge is 2.39. The van der Waals surface area contributed by atoms with Crippen LogP contribution in [0.15, 0.2) is 34.9 Å². The summed E-state index contributed by atoms with van der Waals surface area (Å²) >= 11 is 5.23. The Kier molecular flexibility index (Phi) is 5.67. The summed E-state index contributed by atoms with van der Waals surface area (Å²) in [6.45, 7) is 6.34. The van der Waals surface area contributed by atoms with Gasteiger partial charge in [-0.3, -0.25) is 4.90 Å². The Labute approximate surface area is 167 Å². The van der Waals surface area contributed by atoms with Crippen LogP contribution in [0.5, 0.6) is 0 Å². The van der Waals surface area contributed by atoms with E-state index in [0.717, 1.165) is 28.0 Å². The van der Waals surface area contributed by atoms with Crippen LogP contribution in [0.25, 0.3) is 11.3 Å². The molecule has 0 aliphatic carbocycles. The van der Waals surface area contributed by atoms with Crippen molar-refractivity contribution in [2.45, 2.75) is 44.1 Å². The van der Waals surface area contributed by atoms with Crippen LogP contribution >= 0.6 is 27.7 Å². The first-order valence-electron chi connectivity index (χ1n) is 8.60. The van der Waals surface area contributed by atoms with Crippen LogP contribution in [0.3, 0.4) is 0 Å². The van der Waals surface area contributed by atoms with Gasteiger partial charge in [-0.2, -0.15) is 11.8 Å². The fourth-order valence-electron chi connectivity index (χ4n) is 3.03. The van der Waals surface area contributed by atoms with Gasteiger partial charge in [-0.25, -0.2) is 9.78 Å². The molecule has 26 heavy (non-hydrogen) atoms. The number of aromatic nitrogens is 2. The SMILES string of the molecule is CSC1CC(c2ncc(-c3ccc(Br)cc3)[nH]2)N(C(=O)OC(C)(C)C)C1. The summed E-state index contributed by atoms with van der Waals surface area (Å²) in [5.74, 6) is 0.810. The average Bonchev–Trinajstić information content (AvgIpc) is 3.20. The number of rotatable bonds is 3. The van der Waals surface area contributed by atoms with Gasteiger partial charge in [0.1, 0.15) is 11.4 Å². The van der Waals surface area contributed by atoms with E-state index in [9.17, 15) is 4.79 Å². The van der Waals surface area contributed by atoms with Gasteiger partial charge in [0.05, 0.1) is 17.9 Å². The van der Waals surface area contributed by atoms with E-state index in [2.05, 4.69) is 32.2 Å². The lowest BCUT2D eigenvalue weighted by Gasteiger charge is -2.27. The van der Waals surface area contributed by atoms with Crippen molar-refractivity contribution in [3.63, 3.8) is 0 Å². The molecule has 5 nitrogen and oxygen atoms in total. The number of likely N-dealkylation sites (tertiary alicyclic amines) is 1. The number of hydrogen-bond acceptors (Lipinski definition) is 4. The van der Waals surface area contributed by atoms with Gasteiger partial charge in [0, 0.05) is 16.3 Å². The summed E-state index contributed by atoms with van der Waals surface area (Å²) in [4.78, 5) is 22.4. The quantitative estimate of drug-likeness (QED) is 0.711. The first-order chi connectivity index (χ1) is 12.3. The maximum absolute atomic E-state index is 12.7. The van der Waals surface area contributed by atoms with Crippen LogP contribution in [0.4, 0.5) is 4.79 Å². The third kappa shape index (κ3) is 4.43. The summed E-state index contributed by atoms with van der Waals surface area (Å²) in [7, 11) is 0. The number of hydrogen-bond donors (Lipinski definition) is 1. The Morgan fingerprint density at radius 1 is 1.35 bits per heavy atom. The summed E-state index contributed by atoms with van der Waals surface area (Å²) < 4.78 is 6.64. The highest BCUT2D eigenvalue weighted by atomic mass is 79.9. The molecule has 0 saturated carbocycles. The molecular weight excluding hydrogens is 414 g/mol. The van der Waals surface area contributed by atoms with Crippen LogP contribution < -0.4 is 0 Å². The maximum atomic E-state index is 12.7. The number of H-pyrrole nitrogens is 1. The minimum Gasteiger partial charge on any atom is -0.444 e. The number of nitrogens with one attached hydrogen (secondary N) is 1. The minimum atomic E-state index is -0.509. The Balaban J connectivity index is 1.83. The molecule has 0 radical (unpaired) electrons. The van der Waals surface area contributed by atoms with Crippen molar-refractivity contribution in [1.29, 1.82) is 0 Å². The van der Waals surface area contributed by atoms with Crippen LogP contribution in [-0.2, 0) is 4.74 Å². The molecule has 2 unspecified atom stereocenters. The smallest absolute Gasteiger partial charge is 0.410 e. The number of aromatic amines is 1. The minimum absolute atomic E-state index is 0.0912. The third-order valence-electron chi connectivity index (χ3n) is 4.29. The third-order valence-corrected chi connectivity index (χ3v) is 5.83. The number of ether oxygens (including phenoxy) is 1. The van der Waals surface area contributed by atoms with E-state index in [0.29, 0.717) is 11.8 Å². The predicted octanol–water partition coefficient (Wildman–Crippen LogP) is 5.25. The zero-order chi connectivity index (χ0) is 18.9. The zero-order valence-electron chi connectivity index (χ0n) is 15.5. The molecule has 140 valence electrons. The van der Waals surface area contributed by atoms with E-state index in [4.69, 9.17) is 4.74 Å². The van der Waals surface area contributed by atoms with Crippen molar-refractivity contribution < 1.29 is 9.53 Å². The van der Waals surface area contributed by atoms with Crippen molar-refractivity contribution in [3.05, 3.63) is 40.8 Å². The van der Waals surface area contributed by atoms with E-state index >= 15 is 0 Å².